The first-order valence-corrected chi connectivity index (χ1v) is 5.44. The van der Waals surface area contributed by atoms with Gasteiger partial charge in [-0.3, -0.25) is 5.32 Å². The minimum absolute atomic E-state index is 0.171. The van der Waals surface area contributed by atoms with Crippen LogP contribution < -0.4 is 5.32 Å². The second-order valence-electron chi connectivity index (χ2n) is 3.55. The van der Waals surface area contributed by atoms with E-state index in [1.165, 1.54) is 12.1 Å². The molecule has 0 amide bonds. The van der Waals surface area contributed by atoms with Crippen molar-refractivity contribution in [1.82, 2.24) is 5.32 Å². The van der Waals surface area contributed by atoms with Crippen molar-refractivity contribution >= 4 is 15.9 Å². The van der Waals surface area contributed by atoms with E-state index >= 15 is 0 Å². The molecule has 0 heterocycles. The first-order valence-electron chi connectivity index (χ1n) is 4.65. The van der Waals surface area contributed by atoms with E-state index in [4.69, 9.17) is 5.26 Å². The summed E-state index contributed by atoms with van der Waals surface area (Å²) in [7, 11) is 0. The highest BCUT2D eigenvalue weighted by Crippen LogP contribution is 2.24. The molecular formula is C11H12BrFN2. The summed E-state index contributed by atoms with van der Waals surface area (Å²) in [6, 6.07) is 6.13. The van der Waals surface area contributed by atoms with E-state index in [2.05, 4.69) is 27.3 Å². The highest BCUT2D eigenvalue weighted by Gasteiger charge is 2.15. The lowest BCUT2D eigenvalue weighted by Gasteiger charge is -2.16. The largest absolute Gasteiger partial charge is 0.296 e. The van der Waals surface area contributed by atoms with Crippen molar-refractivity contribution in [1.29, 1.82) is 5.26 Å². The maximum Gasteiger partial charge on any atom is 0.123 e. The molecule has 80 valence electrons. The number of nitrogens with one attached hydrogen (secondary N) is 1. The van der Waals surface area contributed by atoms with Gasteiger partial charge in [0.15, 0.2) is 0 Å². The van der Waals surface area contributed by atoms with Gasteiger partial charge < -0.3 is 0 Å². The molecule has 0 saturated heterocycles. The maximum absolute atomic E-state index is 13.0. The van der Waals surface area contributed by atoms with Gasteiger partial charge in [0, 0.05) is 16.1 Å². The molecule has 1 unspecified atom stereocenters. The van der Waals surface area contributed by atoms with Crippen molar-refractivity contribution in [2.24, 2.45) is 0 Å². The van der Waals surface area contributed by atoms with Crippen LogP contribution in [0.1, 0.15) is 25.5 Å². The van der Waals surface area contributed by atoms with Crippen LogP contribution in [0.25, 0.3) is 0 Å². The van der Waals surface area contributed by atoms with Crippen LogP contribution in [0, 0.1) is 17.1 Å². The predicted molar refractivity (Wildman–Crippen MR) is 60.7 cm³/mol. The number of nitrogens with zero attached hydrogens (tertiary/aromatic N) is 1. The molecule has 1 N–H and O–H groups in total. The molecule has 0 aliphatic heterocycles. The third kappa shape index (κ3) is 3.29. The second-order valence-corrected chi connectivity index (χ2v) is 4.40. The Labute approximate surface area is 97.2 Å². The van der Waals surface area contributed by atoms with Crippen LogP contribution in [0.4, 0.5) is 4.39 Å². The third-order valence-electron chi connectivity index (χ3n) is 1.90. The predicted octanol–water partition coefficient (Wildman–Crippen LogP) is 3.15. The van der Waals surface area contributed by atoms with Gasteiger partial charge in [0.05, 0.1) is 6.07 Å². The van der Waals surface area contributed by atoms with Crippen molar-refractivity contribution in [3.05, 3.63) is 34.1 Å². The molecule has 0 bridgehead atoms. The fraction of sp³-hybridized carbons (Fsp3) is 0.364. The van der Waals surface area contributed by atoms with Gasteiger partial charge in [0.25, 0.3) is 0 Å². The van der Waals surface area contributed by atoms with Crippen LogP contribution in [-0.2, 0) is 0 Å². The van der Waals surface area contributed by atoms with Crippen LogP contribution in [0.2, 0.25) is 0 Å². The van der Waals surface area contributed by atoms with E-state index in [0.29, 0.717) is 5.56 Å². The summed E-state index contributed by atoms with van der Waals surface area (Å²) < 4.78 is 13.8. The Morgan fingerprint density at radius 1 is 1.47 bits per heavy atom. The summed E-state index contributed by atoms with van der Waals surface area (Å²) >= 11 is 3.30. The molecule has 4 heteroatoms. The van der Waals surface area contributed by atoms with Crippen LogP contribution in [-0.4, -0.2) is 6.04 Å². The number of rotatable bonds is 3. The van der Waals surface area contributed by atoms with Crippen LogP contribution in [0.5, 0.6) is 0 Å². The van der Waals surface area contributed by atoms with Gasteiger partial charge >= 0.3 is 0 Å². The monoisotopic (exact) mass is 270 g/mol. The SMILES string of the molecule is CC(C)NC(C#N)c1cc(F)ccc1Br. The summed E-state index contributed by atoms with van der Waals surface area (Å²) in [6.07, 6.45) is 0. The number of nitriles is 1. The first kappa shape index (κ1) is 12.2. The summed E-state index contributed by atoms with van der Waals surface area (Å²) in [5.41, 5.74) is 0.631. The van der Waals surface area contributed by atoms with Crippen LogP contribution >= 0.6 is 15.9 Å². The molecule has 2 nitrogen and oxygen atoms in total. The number of benzene rings is 1. The quantitative estimate of drug-likeness (QED) is 0.916. The summed E-state index contributed by atoms with van der Waals surface area (Å²) in [5.74, 6) is -0.334. The van der Waals surface area contributed by atoms with E-state index < -0.39 is 6.04 Å². The Morgan fingerprint density at radius 2 is 2.13 bits per heavy atom. The topological polar surface area (TPSA) is 35.8 Å². The zero-order chi connectivity index (χ0) is 11.4. The van der Waals surface area contributed by atoms with Gasteiger partial charge in [-0.25, -0.2) is 4.39 Å². The third-order valence-corrected chi connectivity index (χ3v) is 2.62. The van der Waals surface area contributed by atoms with Crippen molar-refractivity contribution in [2.45, 2.75) is 25.9 Å². The van der Waals surface area contributed by atoms with Crippen LogP contribution in [0.15, 0.2) is 22.7 Å². The lowest BCUT2D eigenvalue weighted by molar-refractivity contribution is 0.540. The van der Waals surface area contributed by atoms with Gasteiger partial charge in [0.1, 0.15) is 11.9 Å². The van der Waals surface area contributed by atoms with Gasteiger partial charge in [-0.2, -0.15) is 5.26 Å². The van der Waals surface area contributed by atoms with Crippen molar-refractivity contribution in [3.63, 3.8) is 0 Å². The number of hydrogen-bond acceptors (Lipinski definition) is 2. The van der Waals surface area contributed by atoms with E-state index in [9.17, 15) is 4.39 Å². The van der Waals surface area contributed by atoms with Crippen molar-refractivity contribution in [3.8, 4) is 6.07 Å². The van der Waals surface area contributed by atoms with E-state index in [1.54, 1.807) is 6.07 Å². The first-order chi connectivity index (χ1) is 7.04. The summed E-state index contributed by atoms with van der Waals surface area (Å²) in [4.78, 5) is 0. The molecule has 0 spiro atoms. The molecule has 0 aromatic heterocycles. The standard InChI is InChI=1S/C11H12BrFN2/c1-7(2)15-11(6-14)9-5-8(13)3-4-10(9)12/h3-5,7,11,15H,1-2H3. The van der Waals surface area contributed by atoms with Crippen molar-refractivity contribution in [2.75, 3.05) is 0 Å². The molecule has 0 aliphatic rings. The Balaban J connectivity index is 3.02. The second kappa shape index (κ2) is 5.24. The zero-order valence-electron chi connectivity index (χ0n) is 8.59. The zero-order valence-corrected chi connectivity index (χ0v) is 10.2. The molecule has 0 radical (unpaired) electrons. The fourth-order valence-corrected chi connectivity index (χ4v) is 1.74. The maximum atomic E-state index is 13.0. The number of halogens is 2. The summed E-state index contributed by atoms with van der Waals surface area (Å²) in [6.45, 7) is 3.88. The molecule has 15 heavy (non-hydrogen) atoms. The molecule has 0 fully saturated rings. The smallest absolute Gasteiger partial charge is 0.123 e. The van der Waals surface area contributed by atoms with E-state index in [0.717, 1.165) is 4.47 Å². The van der Waals surface area contributed by atoms with Crippen LogP contribution in [0.3, 0.4) is 0 Å². The number of hydrogen-bond donors (Lipinski definition) is 1. The average molecular weight is 271 g/mol. The minimum Gasteiger partial charge on any atom is -0.296 e. The van der Waals surface area contributed by atoms with E-state index in [1.807, 2.05) is 13.8 Å². The van der Waals surface area contributed by atoms with Gasteiger partial charge in [-0.1, -0.05) is 15.9 Å². The fourth-order valence-electron chi connectivity index (χ4n) is 1.27. The molecule has 0 saturated carbocycles. The Bertz CT molecular complexity index is 385. The molecule has 0 aliphatic carbocycles. The van der Waals surface area contributed by atoms with E-state index in [-0.39, 0.29) is 11.9 Å². The Morgan fingerprint density at radius 3 is 2.67 bits per heavy atom. The molecule has 1 rings (SSSR count). The van der Waals surface area contributed by atoms with Crippen molar-refractivity contribution < 1.29 is 4.39 Å². The molecular weight excluding hydrogens is 259 g/mol. The molecule has 1 aromatic rings. The average Bonchev–Trinajstić information content (AvgIpc) is 2.18. The summed E-state index contributed by atoms with van der Waals surface area (Å²) in [5, 5.41) is 12.0. The van der Waals surface area contributed by atoms with Gasteiger partial charge in [0.2, 0.25) is 0 Å². The molecule has 1 aromatic carbocycles. The minimum atomic E-state index is -0.491. The lowest BCUT2D eigenvalue weighted by Crippen LogP contribution is -2.27. The Hall–Kier alpha value is -0.920. The van der Waals surface area contributed by atoms with Gasteiger partial charge in [-0.15, -0.1) is 0 Å². The normalized spacial score (nSPS) is 12.5. The lowest BCUT2D eigenvalue weighted by atomic mass is 10.1. The highest BCUT2D eigenvalue weighted by atomic mass is 79.9. The molecule has 1 atom stereocenters. The van der Waals surface area contributed by atoms with Gasteiger partial charge in [-0.05, 0) is 32.0 Å². The highest BCUT2D eigenvalue weighted by molar-refractivity contribution is 9.10. The Kier molecular flexibility index (Phi) is 4.25.